The molecular formula is C17H19N4OS+. The lowest BCUT2D eigenvalue weighted by Gasteiger charge is -2.32. The van der Waals surface area contributed by atoms with E-state index in [0.29, 0.717) is 0 Å². The SMILES string of the molecule is Nc1ccccc1SC[C@@H]1C[NH2+][C@@H]2Nc3ccccc3C(=O)N12. The van der Waals surface area contributed by atoms with Gasteiger partial charge in [0.2, 0.25) is 6.29 Å². The van der Waals surface area contributed by atoms with E-state index in [-0.39, 0.29) is 18.2 Å². The molecule has 4 rings (SSSR count). The molecule has 2 aromatic rings. The molecule has 0 aromatic heterocycles. The number of amides is 1. The number of nitrogens with zero attached hydrogens (tertiary/aromatic N) is 1. The highest BCUT2D eigenvalue weighted by Gasteiger charge is 2.44. The Morgan fingerprint density at radius 1 is 1.22 bits per heavy atom. The van der Waals surface area contributed by atoms with Crippen molar-refractivity contribution in [2.24, 2.45) is 0 Å². The number of hydrogen-bond donors (Lipinski definition) is 3. The van der Waals surface area contributed by atoms with Crippen LogP contribution in [0.5, 0.6) is 0 Å². The largest absolute Gasteiger partial charge is 0.398 e. The maximum Gasteiger partial charge on any atom is 0.262 e. The van der Waals surface area contributed by atoms with Gasteiger partial charge in [-0.1, -0.05) is 24.3 Å². The van der Waals surface area contributed by atoms with Gasteiger partial charge >= 0.3 is 0 Å². The minimum absolute atomic E-state index is 0.00359. The van der Waals surface area contributed by atoms with Crippen LogP contribution in [0.4, 0.5) is 11.4 Å². The van der Waals surface area contributed by atoms with Crippen LogP contribution in [0.25, 0.3) is 0 Å². The van der Waals surface area contributed by atoms with Crippen molar-refractivity contribution >= 4 is 29.0 Å². The minimum Gasteiger partial charge on any atom is -0.398 e. The highest BCUT2D eigenvalue weighted by atomic mass is 32.2. The molecule has 2 atom stereocenters. The summed E-state index contributed by atoms with van der Waals surface area (Å²) in [7, 11) is 0. The zero-order valence-corrected chi connectivity index (χ0v) is 13.4. The predicted octanol–water partition coefficient (Wildman–Crippen LogP) is 1.16. The van der Waals surface area contributed by atoms with Crippen LogP contribution in [0.1, 0.15) is 10.4 Å². The third-order valence-corrected chi connectivity index (χ3v) is 5.60. The molecule has 118 valence electrons. The first kappa shape index (κ1) is 14.4. The molecule has 2 aliphatic rings. The van der Waals surface area contributed by atoms with Gasteiger partial charge in [-0.3, -0.25) is 9.69 Å². The van der Waals surface area contributed by atoms with Gasteiger partial charge in [0.1, 0.15) is 6.54 Å². The van der Waals surface area contributed by atoms with Crippen molar-refractivity contribution in [1.82, 2.24) is 4.90 Å². The second-order valence-corrected chi connectivity index (χ2v) is 6.88. The van der Waals surface area contributed by atoms with Gasteiger partial charge in [0, 0.05) is 16.3 Å². The number of nitrogens with one attached hydrogen (secondary N) is 1. The standard InChI is InChI=1S/C17H18N4OS/c18-13-6-2-4-8-15(13)23-10-11-9-19-17-20-14-7-3-1-5-12(14)16(22)21(11)17/h1-8,11,17,19-20H,9-10,18H2/p+1/t11-,17+/m0/s1. The Morgan fingerprint density at radius 3 is 2.87 bits per heavy atom. The summed E-state index contributed by atoms with van der Waals surface area (Å²) in [5, 5.41) is 5.63. The predicted molar refractivity (Wildman–Crippen MR) is 92.2 cm³/mol. The molecule has 1 saturated heterocycles. The summed E-state index contributed by atoms with van der Waals surface area (Å²) < 4.78 is 0. The molecule has 0 aliphatic carbocycles. The van der Waals surface area contributed by atoms with Gasteiger partial charge in [-0.2, -0.15) is 0 Å². The van der Waals surface area contributed by atoms with Crippen LogP contribution in [0.3, 0.4) is 0 Å². The first-order valence-electron chi connectivity index (χ1n) is 7.73. The van der Waals surface area contributed by atoms with Crippen LogP contribution in [-0.4, -0.2) is 35.4 Å². The minimum atomic E-state index is -0.00359. The Bertz CT molecular complexity index is 751. The highest BCUT2D eigenvalue weighted by Crippen LogP contribution is 2.30. The second-order valence-electron chi connectivity index (χ2n) is 5.82. The molecule has 0 unspecified atom stereocenters. The number of carbonyl (C=O) groups is 1. The summed E-state index contributed by atoms with van der Waals surface area (Å²) >= 11 is 1.72. The Hall–Kier alpha value is -2.18. The van der Waals surface area contributed by atoms with Gasteiger partial charge in [0.25, 0.3) is 5.91 Å². The summed E-state index contributed by atoms with van der Waals surface area (Å²) in [6.45, 7) is 0.900. The van der Waals surface area contributed by atoms with Crippen LogP contribution in [0.15, 0.2) is 53.4 Å². The Morgan fingerprint density at radius 2 is 2.00 bits per heavy atom. The van der Waals surface area contributed by atoms with E-state index in [2.05, 4.69) is 10.6 Å². The molecule has 0 spiro atoms. The van der Waals surface area contributed by atoms with Crippen LogP contribution in [0, 0.1) is 0 Å². The molecule has 23 heavy (non-hydrogen) atoms. The molecule has 5 nitrogen and oxygen atoms in total. The molecule has 0 bridgehead atoms. The van der Waals surface area contributed by atoms with Gasteiger partial charge in [0.05, 0.1) is 17.3 Å². The number of thioether (sulfide) groups is 1. The number of rotatable bonds is 3. The topological polar surface area (TPSA) is 75.0 Å². The van der Waals surface area contributed by atoms with E-state index >= 15 is 0 Å². The van der Waals surface area contributed by atoms with Crippen LogP contribution in [-0.2, 0) is 0 Å². The van der Waals surface area contributed by atoms with Crippen LogP contribution in [0.2, 0.25) is 0 Å². The van der Waals surface area contributed by atoms with Crippen molar-refractivity contribution in [3.8, 4) is 0 Å². The molecule has 0 radical (unpaired) electrons. The summed E-state index contributed by atoms with van der Waals surface area (Å²) in [6.07, 6.45) is -0.00359. The van der Waals surface area contributed by atoms with Crippen molar-refractivity contribution < 1.29 is 10.1 Å². The van der Waals surface area contributed by atoms with Gasteiger partial charge < -0.3 is 16.4 Å². The molecule has 1 amide bonds. The fourth-order valence-corrected chi connectivity index (χ4v) is 4.28. The van der Waals surface area contributed by atoms with Crippen LogP contribution < -0.4 is 16.4 Å². The van der Waals surface area contributed by atoms with Crippen molar-refractivity contribution in [1.29, 1.82) is 0 Å². The van der Waals surface area contributed by atoms with E-state index in [1.165, 1.54) is 0 Å². The Labute approximate surface area is 139 Å². The smallest absolute Gasteiger partial charge is 0.262 e. The van der Waals surface area contributed by atoms with E-state index < -0.39 is 0 Å². The first-order valence-corrected chi connectivity index (χ1v) is 8.71. The number of para-hydroxylation sites is 2. The monoisotopic (exact) mass is 327 g/mol. The maximum absolute atomic E-state index is 12.8. The normalized spacial score (nSPS) is 22.4. The van der Waals surface area contributed by atoms with E-state index in [0.717, 1.165) is 34.1 Å². The lowest BCUT2D eigenvalue weighted by atomic mass is 10.1. The molecule has 2 aliphatic heterocycles. The third-order valence-electron chi connectivity index (χ3n) is 4.37. The lowest BCUT2D eigenvalue weighted by molar-refractivity contribution is -0.672. The molecule has 2 aromatic carbocycles. The lowest BCUT2D eigenvalue weighted by Crippen LogP contribution is -2.91. The maximum atomic E-state index is 12.8. The zero-order chi connectivity index (χ0) is 15.8. The summed E-state index contributed by atoms with van der Waals surface area (Å²) in [4.78, 5) is 15.9. The fourth-order valence-electron chi connectivity index (χ4n) is 3.20. The van der Waals surface area contributed by atoms with Gasteiger partial charge in [0.15, 0.2) is 0 Å². The van der Waals surface area contributed by atoms with E-state index in [9.17, 15) is 4.79 Å². The number of fused-ring (bicyclic) bond motifs is 2. The Balaban J connectivity index is 1.52. The number of anilines is 2. The van der Waals surface area contributed by atoms with E-state index in [1.807, 2.05) is 53.4 Å². The fraction of sp³-hybridized carbons (Fsp3) is 0.235. The number of benzene rings is 2. The number of nitrogens with two attached hydrogens (primary N) is 2. The van der Waals surface area contributed by atoms with Crippen molar-refractivity contribution in [2.45, 2.75) is 17.2 Å². The Kier molecular flexibility index (Phi) is 3.63. The second kappa shape index (κ2) is 5.79. The van der Waals surface area contributed by atoms with Gasteiger partial charge in [-0.15, -0.1) is 11.8 Å². The molecule has 0 saturated carbocycles. The van der Waals surface area contributed by atoms with Crippen molar-refractivity contribution in [2.75, 3.05) is 23.3 Å². The molecule has 5 N–H and O–H groups in total. The quantitative estimate of drug-likeness (QED) is 0.584. The zero-order valence-electron chi connectivity index (χ0n) is 12.6. The molecule has 1 fully saturated rings. The van der Waals surface area contributed by atoms with E-state index in [4.69, 9.17) is 5.73 Å². The number of quaternary nitrogens is 1. The molecular weight excluding hydrogens is 308 g/mol. The summed E-state index contributed by atoms with van der Waals surface area (Å²) in [5.41, 5.74) is 8.49. The molecule has 2 heterocycles. The number of nitrogen functional groups attached to an aromatic ring is 1. The average Bonchev–Trinajstić information content (AvgIpc) is 2.98. The number of hydrogen-bond acceptors (Lipinski definition) is 4. The van der Waals surface area contributed by atoms with Gasteiger partial charge in [-0.05, 0) is 24.3 Å². The highest BCUT2D eigenvalue weighted by molar-refractivity contribution is 7.99. The summed E-state index contributed by atoms with van der Waals surface area (Å²) in [5.74, 6) is 0.960. The summed E-state index contributed by atoms with van der Waals surface area (Å²) in [6, 6.07) is 15.8. The van der Waals surface area contributed by atoms with Crippen LogP contribution >= 0.6 is 11.8 Å². The number of carbonyl (C=O) groups excluding carboxylic acids is 1. The molecule has 6 heteroatoms. The van der Waals surface area contributed by atoms with Crippen molar-refractivity contribution in [3.05, 3.63) is 54.1 Å². The van der Waals surface area contributed by atoms with E-state index in [1.54, 1.807) is 11.8 Å². The first-order chi connectivity index (χ1) is 11.2. The van der Waals surface area contributed by atoms with Gasteiger partial charge in [-0.25, -0.2) is 0 Å². The average molecular weight is 327 g/mol. The van der Waals surface area contributed by atoms with Crippen molar-refractivity contribution in [3.63, 3.8) is 0 Å². The third kappa shape index (κ3) is 2.54.